The number of hydrogen-bond acceptors (Lipinski definition) is 5. The van der Waals surface area contributed by atoms with Crippen molar-refractivity contribution >= 4 is 5.91 Å². The fourth-order valence-electron chi connectivity index (χ4n) is 3.68. The Hall–Kier alpha value is -2.25. The molecule has 0 N–H and O–H groups in total. The van der Waals surface area contributed by atoms with E-state index in [1.54, 1.807) is 6.20 Å². The molecule has 0 unspecified atom stereocenters. The van der Waals surface area contributed by atoms with Crippen LogP contribution in [0.15, 0.2) is 36.5 Å². The number of carbonyl (C=O) groups excluding carboxylic acids is 1. The van der Waals surface area contributed by atoms with Gasteiger partial charge in [-0.1, -0.05) is 18.2 Å². The standard InChI is InChI=1S/C19H26N6O/c1-15(2)22-8-10-23(11-9-22)17-13-24(14-17)19(26)18-12-20-25(21-18)16-6-4-3-5-7-16/h3-7,12,15,17H,8-11,13-14H2,1-2H3. The van der Waals surface area contributed by atoms with E-state index in [-0.39, 0.29) is 5.91 Å². The number of nitrogens with zero attached hydrogens (tertiary/aromatic N) is 6. The van der Waals surface area contributed by atoms with Crippen LogP contribution in [0.25, 0.3) is 5.69 Å². The lowest BCUT2D eigenvalue weighted by Gasteiger charge is -2.48. The third-order valence-electron chi connectivity index (χ3n) is 5.44. The minimum atomic E-state index is -0.0238. The summed E-state index contributed by atoms with van der Waals surface area (Å²) >= 11 is 0. The Morgan fingerprint density at radius 2 is 1.77 bits per heavy atom. The van der Waals surface area contributed by atoms with E-state index in [1.165, 1.54) is 4.80 Å². The van der Waals surface area contributed by atoms with Crippen molar-refractivity contribution in [3.63, 3.8) is 0 Å². The van der Waals surface area contributed by atoms with Gasteiger partial charge in [-0.2, -0.15) is 9.90 Å². The molecular formula is C19H26N6O. The molecule has 2 aliphatic rings. The highest BCUT2D eigenvalue weighted by atomic mass is 16.2. The normalized spacial score (nSPS) is 19.7. The molecule has 0 saturated carbocycles. The van der Waals surface area contributed by atoms with Gasteiger partial charge >= 0.3 is 0 Å². The number of piperazine rings is 1. The molecular weight excluding hydrogens is 328 g/mol. The Morgan fingerprint density at radius 1 is 1.08 bits per heavy atom. The molecule has 3 heterocycles. The molecule has 1 amide bonds. The second-order valence-corrected chi connectivity index (χ2v) is 7.38. The first-order chi connectivity index (χ1) is 12.6. The van der Waals surface area contributed by atoms with Crippen LogP contribution < -0.4 is 0 Å². The summed E-state index contributed by atoms with van der Waals surface area (Å²) in [4.78, 5) is 21.0. The van der Waals surface area contributed by atoms with Gasteiger partial charge in [0.1, 0.15) is 0 Å². The topological polar surface area (TPSA) is 57.5 Å². The highest BCUT2D eigenvalue weighted by molar-refractivity contribution is 5.92. The van der Waals surface area contributed by atoms with Crippen molar-refractivity contribution in [3.8, 4) is 5.69 Å². The predicted molar refractivity (Wildman–Crippen MR) is 99.3 cm³/mol. The maximum atomic E-state index is 12.6. The second kappa shape index (κ2) is 7.17. The van der Waals surface area contributed by atoms with Crippen molar-refractivity contribution in [3.05, 3.63) is 42.2 Å². The van der Waals surface area contributed by atoms with Gasteiger partial charge in [0.2, 0.25) is 0 Å². The summed E-state index contributed by atoms with van der Waals surface area (Å²) in [6.45, 7) is 10.5. The molecule has 4 rings (SSSR count). The van der Waals surface area contributed by atoms with E-state index in [0.29, 0.717) is 17.8 Å². The third kappa shape index (κ3) is 3.37. The van der Waals surface area contributed by atoms with Gasteiger partial charge in [0, 0.05) is 51.4 Å². The zero-order chi connectivity index (χ0) is 18.1. The zero-order valence-corrected chi connectivity index (χ0v) is 15.5. The monoisotopic (exact) mass is 354 g/mol. The van der Waals surface area contributed by atoms with E-state index in [4.69, 9.17) is 0 Å². The lowest BCUT2D eigenvalue weighted by molar-refractivity contribution is 0.00286. The second-order valence-electron chi connectivity index (χ2n) is 7.38. The highest BCUT2D eigenvalue weighted by Crippen LogP contribution is 2.19. The van der Waals surface area contributed by atoms with Crippen LogP contribution in [-0.4, -0.2) is 87.0 Å². The predicted octanol–water partition coefficient (Wildman–Crippen LogP) is 1.12. The summed E-state index contributed by atoms with van der Waals surface area (Å²) in [7, 11) is 0. The molecule has 2 fully saturated rings. The number of hydrogen-bond donors (Lipinski definition) is 0. The molecule has 0 aliphatic carbocycles. The Kier molecular flexibility index (Phi) is 4.74. The van der Waals surface area contributed by atoms with E-state index in [2.05, 4.69) is 33.8 Å². The molecule has 1 aromatic heterocycles. The summed E-state index contributed by atoms with van der Waals surface area (Å²) in [6, 6.07) is 10.7. The smallest absolute Gasteiger partial charge is 0.276 e. The van der Waals surface area contributed by atoms with E-state index < -0.39 is 0 Å². The van der Waals surface area contributed by atoms with Gasteiger partial charge in [-0.25, -0.2) is 0 Å². The number of likely N-dealkylation sites (tertiary alicyclic amines) is 1. The van der Waals surface area contributed by atoms with E-state index in [1.807, 2.05) is 35.2 Å². The summed E-state index contributed by atoms with van der Waals surface area (Å²) in [5.74, 6) is -0.0238. The zero-order valence-electron chi connectivity index (χ0n) is 15.5. The van der Waals surface area contributed by atoms with Crippen molar-refractivity contribution in [1.29, 1.82) is 0 Å². The molecule has 0 spiro atoms. The fraction of sp³-hybridized carbons (Fsp3) is 0.526. The third-order valence-corrected chi connectivity index (χ3v) is 5.44. The van der Waals surface area contributed by atoms with Crippen LogP contribution in [0.3, 0.4) is 0 Å². The molecule has 0 bridgehead atoms. The number of aromatic nitrogens is 3. The fourth-order valence-corrected chi connectivity index (χ4v) is 3.68. The summed E-state index contributed by atoms with van der Waals surface area (Å²) < 4.78 is 0. The van der Waals surface area contributed by atoms with Gasteiger partial charge in [-0.05, 0) is 26.0 Å². The molecule has 7 heteroatoms. The lowest BCUT2D eigenvalue weighted by atomic mass is 10.1. The van der Waals surface area contributed by atoms with Gasteiger partial charge in [0.25, 0.3) is 5.91 Å². The Bertz CT molecular complexity index is 744. The van der Waals surface area contributed by atoms with Gasteiger partial charge in [-0.3, -0.25) is 14.6 Å². The van der Waals surface area contributed by atoms with Gasteiger partial charge in [0.15, 0.2) is 5.69 Å². The van der Waals surface area contributed by atoms with Gasteiger partial charge < -0.3 is 4.90 Å². The summed E-state index contributed by atoms with van der Waals surface area (Å²) in [5, 5.41) is 8.57. The van der Waals surface area contributed by atoms with Crippen LogP contribution in [-0.2, 0) is 0 Å². The van der Waals surface area contributed by atoms with Gasteiger partial charge in [-0.15, -0.1) is 5.10 Å². The first-order valence-electron chi connectivity index (χ1n) is 9.37. The van der Waals surface area contributed by atoms with Gasteiger partial charge in [0.05, 0.1) is 11.9 Å². The Morgan fingerprint density at radius 3 is 2.42 bits per heavy atom. The molecule has 1 aromatic carbocycles. The van der Waals surface area contributed by atoms with E-state index >= 15 is 0 Å². The number of carbonyl (C=O) groups is 1. The van der Waals surface area contributed by atoms with Crippen molar-refractivity contribution in [2.75, 3.05) is 39.3 Å². The molecule has 138 valence electrons. The summed E-state index contributed by atoms with van der Waals surface area (Å²) in [5.41, 5.74) is 1.27. The van der Waals surface area contributed by atoms with Crippen molar-refractivity contribution in [2.45, 2.75) is 25.9 Å². The Labute approximate surface area is 154 Å². The maximum absolute atomic E-state index is 12.6. The number of para-hydroxylation sites is 1. The molecule has 2 aliphatic heterocycles. The summed E-state index contributed by atoms with van der Waals surface area (Å²) in [6.07, 6.45) is 1.56. The van der Waals surface area contributed by atoms with Crippen LogP contribution >= 0.6 is 0 Å². The van der Waals surface area contributed by atoms with Crippen molar-refractivity contribution < 1.29 is 4.79 Å². The largest absolute Gasteiger partial charge is 0.334 e. The molecule has 2 saturated heterocycles. The molecule has 7 nitrogen and oxygen atoms in total. The van der Waals surface area contributed by atoms with Crippen molar-refractivity contribution in [2.24, 2.45) is 0 Å². The van der Waals surface area contributed by atoms with Crippen molar-refractivity contribution in [1.82, 2.24) is 29.7 Å². The average Bonchev–Trinajstić information content (AvgIpc) is 3.12. The van der Waals surface area contributed by atoms with Crippen LogP contribution in [0.2, 0.25) is 0 Å². The Balaban J connectivity index is 1.31. The van der Waals surface area contributed by atoms with E-state index in [9.17, 15) is 4.79 Å². The highest BCUT2D eigenvalue weighted by Gasteiger charge is 2.37. The first-order valence-corrected chi connectivity index (χ1v) is 9.37. The molecule has 0 atom stereocenters. The molecule has 26 heavy (non-hydrogen) atoms. The van der Waals surface area contributed by atoms with Crippen LogP contribution in [0.5, 0.6) is 0 Å². The number of benzene rings is 1. The molecule has 2 aromatic rings. The SMILES string of the molecule is CC(C)N1CCN(C2CN(C(=O)c3cnn(-c4ccccc4)n3)C2)CC1. The van der Waals surface area contributed by atoms with Crippen LogP contribution in [0, 0.1) is 0 Å². The number of amides is 1. The minimum absolute atomic E-state index is 0.0238. The quantitative estimate of drug-likeness (QED) is 0.823. The lowest BCUT2D eigenvalue weighted by Crippen LogP contribution is -2.64. The maximum Gasteiger partial charge on any atom is 0.276 e. The minimum Gasteiger partial charge on any atom is -0.334 e. The van der Waals surface area contributed by atoms with E-state index in [0.717, 1.165) is 45.0 Å². The average molecular weight is 354 g/mol. The number of rotatable bonds is 4. The van der Waals surface area contributed by atoms with Crippen LogP contribution in [0.1, 0.15) is 24.3 Å². The molecule has 0 radical (unpaired) electrons. The van der Waals surface area contributed by atoms with Crippen LogP contribution in [0.4, 0.5) is 0 Å². The first kappa shape index (κ1) is 17.2.